The number of aromatic nitrogens is 4. The van der Waals surface area contributed by atoms with Crippen LogP contribution in [0.15, 0.2) is 47.5 Å². The lowest BCUT2D eigenvalue weighted by molar-refractivity contribution is 0.0920. The maximum atomic E-state index is 13.0. The van der Waals surface area contributed by atoms with E-state index in [-0.39, 0.29) is 12.2 Å². The van der Waals surface area contributed by atoms with Crippen molar-refractivity contribution in [2.45, 2.75) is 13.0 Å². The fourth-order valence-corrected chi connectivity index (χ4v) is 2.77. The lowest BCUT2D eigenvalue weighted by Crippen LogP contribution is -2.39. The van der Waals surface area contributed by atoms with Gasteiger partial charge < -0.3 is 15.3 Å². The van der Waals surface area contributed by atoms with Gasteiger partial charge in [0.2, 0.25) is 0 Å². The number of aryl methyl sites for hydroxylation is 1. The Morgan fingerprint density at radius 1 is 1.28 bits per heavy atom. The van der Waals surface area contributed by atoms with Crippen molar-refractivity contribution in [2.75, 3.05) is 25.6 Å². The van der Waals surface area contributed by atoms with Gasteiger partial charge in [-0.25, -0.2) is 0 Å². The predicted octanol–water partition coefficient (Wildman–Crippen LogP) is 0.810. The molecule has 0 aliphatic rings. The molecule has 1 atom stereocenters. The van der Waals surface area contributed by atoms with Crippen molar-refractivity contribution in [2.24, 2.45) is 7.05 Å². The van der Waals surface area contributed by atoms with Gasteiger partial charge in [-0.15, -0.1) is 0 Å². The molecule has 0 unspecified atom stereocenters. The van der Waals surface area contributed by atoms with Crippen molar-refractivity contribution in [3.63, 3.8) is 0 Å². The van der Waals surface area contributed by atoms with Crippen molar-refractivity contribution in [1.29, 1.82) is 0 Å². The number of amides is 1. The van der Waals surface area contributed by atoms with E-state index in [0.717, 1.165) is 11.3 Å². The molecule has 29 heavy (non-hydrogen) atoms. The molecule has 0 bridgehead atoms. The summed E-state index contributed by atoms with van der Waals surface area (Å²) in [6.07, 6.45) is 3.15. The van der Waals surface area contributed by atoms with Crippen LogP contribution < -0.4 is 15.8 Å². The Bertz CT molecular complexity index is 1070. The molecule has 3 aromatic rings. The quantitative estimate of drug-likeness (QED) is 0.639. The van der Waals surface area contributed by atoms with E-state index in [1.54, 1.807) is 24.9 Å². The van der Waals surface area contributed by atoms with Gasteiger partial charge in [-0.2, -0.15) is 14.9 Å². The lowest BCUT2D eigenvalue weighted by atomic mass is 10.1. The van der Waals surface area contributed by atoms with Crippen LogP contribution in [0.5, 0.6) is 0 Å². The maximum absolute atomic E-state index is 13.0. The number of nitrogens with one attached hydrogen (secondary N) is 1. The summed E-state index contributed by atoms with van der Waals surface area (Å²) in [7, 11) is 5.62. The highest BCUT2D eigenvalue weighted by Crippen LogP contribution is 2.21. The van der Waals surface area contributed by atoms with Crippen LogP contribution >= 0.6 is 0 Å². The summed E-state index contributed by atoms with van der Waals surface area (Å²) in [5, 5.41) is 20.4. The van der Waals surface area contributed by atoms with Crippen LogP contribution in [0.25, 0.3) is 16.9 Å². The van der Waals surface area contributed by atoms with Crippen molar-refractivity contribution in [3.8, 4) is 16.9 Å². The molecule has 9 nitrogen and oxygen atoms in total. The minimum atomic E-state index is -0.567. The molecule has 9 heteroatoms. The molecule has 1 aromatic carbocycles. The summed E-state index contributed by atoms with van der Waals surface area (Å²) in [6, 6.07) is 8.62. The summed E-state index contributed by atoms with van der Waals surface area (Å²) in [5.41, 5.74) is 2.08. The lowest BCUT2D eigenvalue weighted by Gasteiger charge is -2.14. The number of aliphatic hydroxyl groups is 1. The molecule has 0 radical (unpaired) electrons. The number of aliphatic hydroxyl groups excluding tert-OH is 1. The molecular formula is C20H24N6O3. The monoisotopic (exact) mass is 396 g/mol. The van der Waals surface area contributed by atoms with Gasteiger partial charge >= 0.3 is 0 Å². The van der Waals surface area contributed by atoms with Gasteiger partial charge in [0.15, 0.2) is 0 Å². The van der Waals surface area contributed by atoms with Crippen molar-refractivity contribution < 1.29 is 9.90 Å². The Hall–Kier alpha value is -3.46. The zero-order chi connectivity index (χ0) is 21.1. The molecule has 3 rings (SSSR count). The van der Waals surface area contributed by atoms with E-state index in [2.05, 4.69) is 15.5 Å². The van der Waals surface area contributed by atoms with Crippen molar-refractivity contribution >= 4 is 11.6 Å². The van der Waals surface area contributed by atoms with Gasteiger partial charge in [0.1, 0.15) is 11.3 Å². The zero-order valence-electron chi connectivity index (χ0n) is 16.8. The van der Waals surface area contributed by atoms with Gasteiger partial charge in [-0.05, 0) is 25.1 Å². The van der Waals surface area contributed by atoms with E-state index in [1.807, 2.05) is 43.3 Å². The summed E-state index contributed by atoms with van der Waals surface area (Å²) in [6.45, 7) is 1.42. The number of benzene rings is 1. The molecule has 0 aliphatic heterocycles. The first-order valence-electron chi connectivity index (χ1n) is 9.13. The van der Waals surface area contributed by atoms with Crippen LogP contribution in [0.4, 0.5) is 5.69 Å². The third-order valence-electron chi connectivity index (χ3n) is 4.42. The van der Waals surface area contributed by atoms with Crippen LogP contribution in [0.1, 0.15) is 17.3 Å². The van der Waals surface area contributed by atoms with Gasteiger partial charge in [0, 0.05) is 38.4 Å². The molecule has 152 valence electrons. The van der Waals surface area contributed by atoms with Crippen LogP contribution in [-0.2, 0) is 7.05 Å². The average Bonchev–Trinajstić information content (AvgIpc) is 3.14. The molecule has 0 spiro atoms. The van der Waals surface area contributed by atoms with Crippen LogP contribution in [0.2, 0.25) is 0 Å². The van der Waals surface area contributed by atoms with Gasteiger partial charge in [-0.1, -0.05) is 12.1 Å². The van der Waals surface area contributed by atoms with Crippen LogP contribution in [0, 0.1) is 0 Å². The molecule has 0 aliphatic carbocycles. The minimum absolute atomic E-state index is 0.0594. The molecule has 0 fully saturated rings. The molecule has 2 N–H and O–H groups in total. The molecule has 2 aromatic heterocycles. The number of nitrogens with zero attached hydrogens (tertiary/aromatic N) is 5. The maximum Gasteiger partial charge on any atom is 0.284 e. The van der Waals surface area contributed by atoms with E-state index in [1.165, 1.54) is 16.9 Å². The Labute approximate surface area is 168 Å². The van der Waals surface area contributed by atoms with Crippen LogP contribution in [0.3, 0.4) is 0 Å². The Kier molecular flexibility index (Phi) is 5.79. The second kappa shape index (κ2) is 8.27. The fraction of sp³-hybridized carbons (Fsp3) is 0.300. The second-order valence-corrected chi connectivity index (χ2v) is 7.03. The molecular weight excluding hydrogens is 372 g/mol. The van der Waals surface area contributed by atoms with E-state index in [4.69, 9.17) is 0 Å². The number of anilines is 1. The highest BCUT2D eigenvalue weighted by molar-refractivity contribution is 5.95. The SMILES string of the molecule is C[C@@H](CO)NC(=O)c1cc(-c2ccc(N(C)C)cc2)nn(-c2cnn(C)c2)c1=O. The summed E-state index contributed by atoms with van der Waals surface area (Å²) in [5.74, 6) is -0.567. The van der Waals surface area contributed by atoms with Crippen molar-refractivity contribution in [3.05, 3.63) is 58.6 Å². The normalized spacial score (nSPS) is 11.9. The standard InChI is InChI=1S/C20H24N6O3/c1-13(12-27)22-19(28)17-9-18(14-5-7-15(8-6-14)24(2)3)23-26(20(17)29)16-10-21-25(4)11-16/h5-11,13,27H,12H2,1-4H3,(H,22,28)/t13-/m0/s1. The summed E-state index contributed by atoms with van der Waals surface area (Å²) < 4.78 is 2.72. The number of hydrogen-bond donors (Lipinski definition) is 2. The Balaban J connectivity index is 2.14. The topological polar surface area (TPSA) is 105 Å². The zero-order valence-corrected chi connectivity index (χ0v) is 16.8. The summed E-state index contributed by atoms with van der Waals surface area (Å²) >= 11 is 0. The highest BCUT2D eigenvalue weighted by atomic mass is 16.3. The van der Waals surface area contributed by atoms with Gasteiger partial charge in [0.05, 0.1) is 24.7 Å². The number of carbonyl (C=O) groups excluding carboxylic acids is 1. The average molecular weight is 396 g/mol. The predicted molar refractivity (Wildman–Crippen MR) is 110 cm³/mol. The van der Waals surface area contributed by atoms with E-state index >= 15 is 0 Å². The number of carbonyl (C=O) groups is 1. The summed E-state index contributed by atoms with van der Waals surface area (Å²) in [4.78, 5) is 27.6. The van der Waals surface area contributed by atoms with E-state index < -0.39 is 17.5 Å². The third kappa shape index (κ3) is 4.35. The van der Waals surface area contributed by atoms with Crippen LogP contribution in [-0.4, -0.2) is 57.3 Å². The third-order valence-corrected chi connectivity index (χ3v) is 4.42. The molecule has 1 amide bonds. The second-order valence-electron chi connectivity index (χ2n) is 7.03. The Morgan fingerprint density at radius 2 is 1.97 bits per heavy atom. The number of hydrogen-bond acceptors (Lipinski definition) is 6. The number of rotatable bonds is 6. The molecule has 0 saturated heterocycles. The minimum Gasteiger partial charge on any atom is -0.394 e. The highest BCUT2D eigenvalue weighted by Gasteiger charge is 2.19. The fourth-order valence-electron chi connectivity index (χ4n) is 2.77. The first kappa shape index (κ1) is 20.3. The van der Waals surface area contributed by atoms with Gasteiger partial charge in [0.25, 0.3) is 11.5 Å². The molecule has 2 heterocycles. The molecule has 0 saturated carbocycles. The largest absolute Gasteiger partial charge is 0.394 e. The first-order chi connectivity index (χ1) is 13.8. The van der Waals surface area contributed by atoms with E-state index in [9.17, 15) is 14.7 Å². The van der Waals surface area contributed by atoms with E-state index in [0.29, 0.717) is 11.4 Å². The van der Waals surface area contributed by atoms with Gasteiger partial charge in [-0.3, -0.25) is 14.3 Å². The Morgan fingerprint density at radius 3 is 2.52 bits per heavy atom. The van der Waals surface area contributed by atoms with Crippen molar-refractivity contribution in [1.82, 2.24) is 24.9 Å². The smallest absolute Gasteiger partial charge is 0.284 e. The first-order valence-corrected chi connectivity index (χ1v) is 9.13.